The van der Waals surface area contributed by atoms with Crippen LogP contribution >= 0.6 is 0 Å². The van der Waals surface area contributed by atoms with Gasteiger partial charge in [-0.05, 0) is 19.9 Å². The first kappa shape index (κ1) is 20.1. The van der Waals surface area contributed by atoms with Crippen molar-refractivity contribution in [2.45, 2.75) is 97.4 Å². The fourth-order valence-corrected chi connectivity index (χ4v) is 4.00. The first-order valence-electron chi connectivity index (χ1n) is 8.96. The minimum absolute atomic E-state index is 0.798. The number of hydrogen-bond donors (Lipinski definition) is 0. The van der Waals surface area contributed by atoms with Crippen LogP contribution in [0.25, 0.3) is 0 Å². The summed E-state index contributed by atoms with van der Waals surface area (Å²) in [6, 6.07) is 1.16. The van der Waals surface area contributed by atoms with E-state index in [4.69, 9.17) is 8.85 Å². The summed E-state index contributed by atoms with van der Waals surface area (Å²) in [5.41, 5.74) is 0. The molecule has 0 aliphatic carbocycles. The Morgan fingerprint density at radius 1 is 0.550 bits per heavy atom. The number of unbranched alkanes of at least 4 members (excludes halogenated alkanes) is 10. The SMILES string of the molecule is CCCCCCCCCCCCC[Si](OCC)OCC. The summed E-state index contributed by atoms with van der Waals surface area (Å²) in [6.07, 6.45) is 15.4. The van der Waals surface area contributed by atoms with Crippen molar-refractivity contribution in [3.8, 4) is 0 Å². The highest BCUT2D eigenvalue weighted by atomic mass is 28.3. The van der Waals surface area contributed by atoms with Crippen LogP contribution in [0.1, 0.15) is 91.4 Å². The van der Waals surface area contributed by atoms with Crippen molar-refractivity contribution < 1.29 is 8.85 Å². The maximum Gasteiger partial charge on any atom is 0.384 e. The molecule has 2 nitrogen and oxygen atoms in total. The van der Waals surface area contributed by atoms with Crippen molar-refractivity contribution in [1.29, 1.82) is 0 Å². The molecule has 0 saturated carbocycles. The Morgan fingerprint density at radius 3 is 1.35 bits per heavy atom. The van der Waals surface area contributed by atoms with Gasteiger partial charge in [-0.2, -0.15) is 0 Å². The lowest BCUT2D eigenvalue weighted by molar-refractivity contribution is 0.212. The van der Waals surface area contributed by atoms with Gasteiger partial charge in [-0.25, -0.2) is 0 Å². The molecule has 3 heteroatoms. The molecule has 20 heavy (non-hydrogen) atoms. The average Bonchev–Trinajstić information content (AvgIpc) is 2.45. The Balaban J connectivity index is 3.18. The van der Waals surface area contributed by atoms with Crippen LogP contribution < -0.4 is 0 Å². The third kappa shape index (κ3) is 14.5. The van der Waals surface area contributed by atoms with Crippen LogP contribution in [0.15, 0.2) is 0 Å². The second kappa shape index (κ2) is 17.2. The van der Waals surface area contributed by atoms with E-state index in [1.807, 2.05) is 0 Å². The van der Waals surface area contributed by atoms with E-state index in [0.717, 1.165) is 19.3 Å². The van der Waals surface area contributed by atoms with Gasteiger partial charge in [0.15, 0.2) is 0 Å². The van der Waals surface area contributed by atoms with Gasteiger partial charge in [0, 0.05) is 13.2 Å². The van der Waals surface area contributed by atoms with Crippen LogP contribution in [0, 0.1) is 0 Å². The Labute approximate surface area is 129 Å². The zero-order chi connectivity index (χ0) is 14.9. The third-order valence-corrected chi connectivity index (χ3v) is 5.58. The molecule has 0 aromatic rings. The predicted octanol–water partition coefficient (Wildman–Crippen LogP) is 5.86. The van der Waals surface area contributed by atoms with E-state index < -0.39 is 9.28 Å². The Kier molecular flexibility index (Phi) is 17.3. The molecule has 0 unspecified atom stereocenters. The van der Waals surface area contributed by atoms with Gasteiger partial charge < -0.3 is 8.85 Å². The van der Waals surface area contributed by atoms with Gasteiger partial charge in [-0.15, -0.1) is 0 Å². The molecule has 0 fully saturated rings. The highest BCUT2D eigenvalue weighted by Crippen LogP contribution is 2.13. The van der Waals surface area contributed by atoms with Crippen LogP contribution in [0.3, 0.4) is 0 Å². The smallest absolute Gasteiger partial charge is 0.384 e. The largest absolute Gasteiger partial charge is 0.394 e. The summed E-state index contributed by atoms with van der Waals surface area (Å²) in [4.78, 5) is 0. The summed E-state index contributed by atoms with van der Waals surface area (Å²) in [6.45, 7) is 8.00. The molecule has 0 saturated heterocycles. The van der Waals surface area contributed by atoms with Gasteiger partial charge in [0.25, 0.3) is 0 Å². The number of hydrogen-bond acceptors (Lipinski definition) is 2. The molecule has 0 aliphatic heterocycles. The van der Waals surface area contributed by atoms with E-state index in [1.54, 1.807) is 0 Å². The molecule has 0 bridgehead atoms. The fraction of sp³-hybridized carbons (Fsp3) is 1.00. The molecular weight excluding hydrogens is 264 g/mol. The van der Waals surface area contributed by atoms with Crippen molar-refractivity contribution in [3.63, 3.8) is 0 Å². The maximum absolute atomic E-state index is 5.65. The third-order valence-electron chi connectivity index (χ3n) is 3.60. The second-order valence-electron chi connectivity index (χ2n) is 5.52. The Hall–Kier alpha value is 0.137. The molecule has 0 N–H and O–H groups in total. The lowest BCUT2D eigenvalue weighted by Gasteiger charge is -2.12. The summed E-state index contributed by atoms with van der Waals surface area (Å²) in [5.74, 6) is 0. The first-order valence-corrected chi connectivity index (χ1v) is 10.5. The molecular formula is C17H37O2Si. The summed E-state index contributed by atoms with van der Waals surface area (Å²) >= 11 is 0. The normalized spacial score (nSPS) is 11.4. The Bertz CT molecular complexity index is 170. The van der Waals surface area contributed by atoms with E-state index in [1.165, 1.54) is 70.6 Å². The van der Waals surface area contributed by atoms with Gasteiger partial charge in [-0.3, -0.25) is 0 Å². The molecule has 0 heterocycles. The quantitative estimate of drug-likeness (QED) is 0.263. The molecule has 121 valence electrons. The van der Waals surface area contributed by atoms with Crippen molar-refractivity contribution in [2.75, 3.05) is 13.2 Å². The van der Waals surface area contributed by atoms with Crippen LogP contribution in [0.2, 0.25) is 6.04 Å². The average molecular weight is 302 g/mol. The standard InChI is InChI=1S/C17H37O2Si/c1-4-7-8-9-10-11-12-13-14-15-16-17-20(18-5-2)19-6-3/h4-17H2,1-3H3. The summed E-state index contributed by atoms with van der Waals surface area (Å²) < 4.78 is 11.3. The van der Waals surface area contributed by atoms with Crippen molar-refractivity contribution in [1.82, 2.24) is 0 Å². The molecule has 0 amide bonds. The van der Waals surface area contributed by atoms with E-state index in [2.05, 4.69) is 20.8 Å². The lowest BCUT2D eigenvalue weighted by atomic mass is 10.1. The molecule has 0 rings (SSSR count). The van der Waals surface area contributed by atoms with Crippen molar-refractivity contribution in [3.05, 3.63) is 0 Å². The molecule has 0 aromatic heterocycles. The first-order chi connectivity index (χ1) is 9.85. The lowest BCUT2D eigenvalue weighted by Crippen LogP contribution is -2.22. The van der Waals surface area contributed by atoms with E-state index in [-0.39, 0.29) is 0 Å². The van der Waals surface area contributed by atoms with Crippen molar-refractivity contribution in [2.24, 2.45) is 0 Å². The van der Waals surface area contributed by atoms with Gasteiger partial charge in [0.2, 0.25) is 0 Å². The van der Waals surface area contributed by atoms with Crippen LogP contribution in [0.4, 0.5) is 0 Å². The van der Waals surface area contributed by atoms with Gasteiger partial charge in [0.05, 0.1) is 0 Å². The second-order valence-corrected chi connectivity index (χ2v) is 7.34. The van der Waals surface area contributed by atoms with Crippen LogP contribution in [0.5, 0.6) is 0 Å². The topological polar surface area (TPSA) is 18.5 Å². The van der Waals surface area contributed by atoms with E-state index in [9.17, 15) is 0 Å². The monoisotopic (exact) mass is 301 g/mol. The highest BCUT2D eigenvalue weighted by molar-refractivity contribution is 6.44. The number of rotatable bonds is 16. The zero-order valence-corrected chi connectivity index (χ0v) is 15.2. The van der Waals surface area contributed by atoms with Gasteiger partial charge >= 0.3 is 9.28 Å². The predicted molar refractivity (Wildman–Crippen MR) is 90.3 cm³/mol. The zero-order valence-electron chi connectivity index (χ0n) is 14.2. The van der Waals surface area contributed by atoms with Gasteiger partial charge in [0.1, 0.15) is 0 Å². The molecule has 0 atom stereocenters. The highest BCUT2D eigenvalue weighted by Gasteiger charge is 2.13. The molecule has 1 radical (unpaired) electrons. The van der Waals surface area contributed by atoms with Crippen LogP contribution in [-0.4, -0.2) is 22.5 Å². The van der Waals surface area contributed by atoms with E-state index >= 15 is 0 Å². The van der Waals surface area contributed by atoms with E-state index in [0.29, 0.717) is 0 Å². The fourth-order valence-electron chi connectivity index (χ4n) is 2.44. The maximum atomic E-state index is 5.65. The van der Waals surface area contributed by atoms with Gasteiger partial charge in [-0.1, -0.05) is 77.6 Å². The van der Waals surface area contributed by atoms with Crippen LogP contribution in [-0.2, 0) is 8.85 Å². The minimum Gasteiger partial charge on any atom is -0.394 e. The molecule has 0 aromatic carbocycles. The Morgan fingerprint density at radius 2 is 0.950 bits per heavy atom. The summed E-state index contributed by atoms with van der Waals surface area (Å²) in [5, 5.41) is 0. The minimum atomic E-state index is -0.956. The van der Waals surface area contributed by atoms with Crippen molar-refractivity contribution >= 4 is 9.28 Å². The summed E-state index contributed by atoms with van der Waals surface area (Å²) in [7, 11) is -0.956. The molecule has 0 spiro atoms. The molecule has 0 aliphatic rings.